The van der Waals surface area contributed by atoms with Crippen LogP contribution in [0, 0.1) is 5.82 Å². The third kappa shape index (κ3) is 3.06. The van der Waals surface area contributed by atoms with E-state index in [2.05, 4.69) is 0 Å². The van der Waals surface area contributed by atoms with E-state index >= 15 is 0 Å². The average Bonchev–Trinajstić information content (AvgIpc) is 3.10. The number of hydrogen-bond acceptors (Lipinski definition) is 4. The fourth-order valence-corrected chi connectivity index (χ4v) is 4.03. The van der Waals surface area contributed by atoms with E-state index in [1.54, 1.807) is 49.1 Å². The van der Waals surface area contributed by atoms with E-state index < -0.39 is 5.82 Å². The topological polar surface area (TPSA) is 38.8 Å². The number of amides is 1. The molecule has 0 aliphatic carbocycles. The fourth-order valence-electron chi connectivity index (χ4n) is 2.75. The third-order valence-corrected chi connectivity index (χ3v) is 5.21. The molecule has 1 unspecified atom stereocenters. The summed E-state index contributed by atoms with van der Waals surface area (Å²) < 4.78 is 24.6. The average molecular weight is 347 g/mol. The van der Waals surface area contributed by atoms with Gasteiger partial charge in [0.1, 0.15) is 22.7 Å². The van der Waals surface area contributed by atoms with Crippen molar-refractivity contribution >= 4 is 17.7 Å². The Kier molecular flexibility index (Phi) is 4.94. The van der Waals surface area contributed by atoms with Crippen molar-refractivity contribution in [3.05, 3.63) is 59.4 Å². The molecule has 2 aromatic rings. The lowest BCUT2D eigenvalue weighted by Crippen LogP contribution is -2.31. The Labute approximate surface area is 144 Å². The Hall–Kier alpha value is -2.21. The van der Waals surface area contributed by atoms with Gasteiger partial charge in [0.2, 0.25) is 0 Å². The molecule has 1 amide bonds. The first-order valence-corrected chi connectivity index (χ1v) is 8.59. The van der Waals surface area contributed by atoms with Crippen molar-refractivity contribution in [3.63, 3.8) is 0 Å². The minimum Gasteiger partial charge on any atom is -0.497 e. The zero-order valence-corrected chi connectivity index (χ0v) is 14.3. The molecule has 1 aliphatic rings. The zero-order chi connectivity index (χ0) is 17.1. The zero-order valence-electron chi connectivity index (χ0n) is 13.5. The van der Waals surface area contributed by atoms with E-state index in [1.165, 1.54) is 12.1 Å². The fraction of sp³-hybridized carbons (Fsp3) is 0.278. The number of thioether (sulfide) groups is 1. The molecule has 1 heterocycles. The molecule has 1 fully saturated rings. The molecule has 4 nitrogen and oxygen atoms in total. The predicted octanol–water partition coefficient (Wildman–Crippen LogP) is 3.73. The van der Waals surface area contributed by atoms with E-state index in [4.69, 9.17) is 9.47 Å². The number of carbonyl (C=O) groups excluding carboxylic acids is 1. The van der Waals surface area contributed by atoms with Crippen molar-refractivity contribution in [1.82, 2.24) is 4.90 Å². The van der Waals surface area contributed by atoms with E-state index in [-0.39, 0.29) is 16.8 Å². The van der Waals surface area contributed by atoms with Crippen LogP contribution >= 0.6 is 11.8 Å². The molecular formula is C18H18FNO3S. The minimum atomic E-state index is -0.500. The second kappa shape index (κ2) is 7.13. The van der Waals surface area contributed by atoms with Crippen LogP contribution in [0.2, 0.25) is 0 Å². The molecule has 0 radical (unpaired) electrons. The summed E-state index contributed by atoms with van der Waals surface area (Å²) in [5.41, 5.74) is 0.975. The molecule has 1 atom stereocenters. The number of nitrogens with zero attached hydrogens (tertiary/aromatic N) is 1. The maximum Gasteiger partial charge on any atom is 0.258 e. The van der Waals surface area contributed by atoms with E-state index in [1.807, 2.05) is 12.1 Å². The molecule has 0 N–H and O–H groups in total. The van der Waals surface area contributed by atoms with Gasteiger partial charge in [-0.25, -0.2) is 4.39 Å². The number of hydrogen-bond donors (Lipinski definition) is 0. The highest BCUT2D eigenvalue weighted by Crippen LogP contribution is 2.43. The SMILES string of the molecule is COc1ccc(C2SCCN2C(=O)c2ccccc2F)c(OC)c1. The van der Waals surface area contributed by atoms with Crippen LogP contribution in [0.15, 0.2) is 42.5 Å². The van der Waals surface area contributed by atoms with Gasteiger partial charge in [0.25, 0.3) is 5.91 Å². The normalized spacial score (nSPS) is 17.0. The Morgan fingerprint density at radius 3 is 2.71 bits per heavy atom. The molecule has 126 valence electrons. The number of ether oxygens (including phenoxy) is 2. The predicted molar refractivity (Wildman–Crippen MR) is 92.2 cm³/mol. The van der Waals surface area contributed by atoms with Crippen molar-refractivity contribution in [2.45, 2.75) is 5.37 Å². The minimum absolute atomic E-state index is 0.0949. The van der Waals surface area contributed by atoms with Crippen molar-refractivity contribution < 1.29 is 18.7 Å². The smallest absolute Gasteiger partial charge is 0.258 e. The summed E-state index contributed by atoms with van der Waals surface area (Å²) in [6, 6.07) is 11.6. The standard InChI is InChI=1S/C18H18FNO3S/c1-22-12-7-8-14(16(11-12)23-2)18-20(9-10-24-18)17(21)13-5-3-4-6-15(13)19/h3-8,11,18H,9-10H2,1-2H3. The highest BCUT2D eigenvalue weighted by atomic mass is 32.2. The van der Waals surface area contributed by atoms with Gasteiger partial charge in [0.05, 0.1) is 19.8 Å². The highest BCUT2D eigenvalue weighted by molar-refractivity contribution is 7.99. The van der Waals surface area contributed by atoms with Crippen LogP contribution in [0.4, 0.5) is 4.39 Å². The Morgan fingerprint density at radius 2 is 2.00 bits per heavy atom. The molecule has 6 heteroatoms. The largest absolute Gasteiger partial charge is 0.497 e. The molecule has 3 rings (SSSR count). The maximum absolute atomic E-state index is 14.0. The molecule has 0 bridgehead atoms. The van der Waals surface area contributed by atoms with Crippen molar-refractivity contribution in [2.75, 3.05) is 26.5 Å². The van der Waals surface area contributed by atoms with Crippen LogP contribution in [-0.4, -0.2) is 37.3 Å². The van der Waals surface area contributed by atoms with Crippen molar-refractivity contribution in [2.24, 2.45) is 0 Å². The molecule has 24 heavy (non-hydrogen) atoms. The van der Waals surface area contributed by atoms with Gasteiger partial charge in [-0.2, -0.15) is 0 Å². The first kappa shape index (κ1) is 16.6. The van der Waals surface area contributed by atoms with Gasteiger partial charge in [-0.05, 0) is 24.3 Å². The van der Waals surface area contributed by atoms with Crippen LogP contribution in [0.3, 0.4) is 0 Å². The van der Waals surface area contributed by atoms with Gasteiger partial charge in [0.15, 0.2) is 0 Å². The summed E-state index contributed by atoms with van der Waals surface area (Å²) >= 11 is 1.64. The Morgan fingerprint density at radius 1 is 1.21 bits per heavy atom. The second-order valence-corrected chi connectivity index (χ2v) is 6.50. The quantitative estimate of drug-likeness (QED) is 0.845. The number of benzene rings is 2. The first-order valence-electron chi connectivity index (χ1n) is 7.54. The van der Waals surface area contributed by atoms with Gasteiger partial charge in [-0.15, -0.1) is 11.8 Å². The van der Waals surface area contributed by atoms with E-state index in [9.17, 15) is 9.18 Å². The van der Waals surface area contributed by atoms with Gasteiger partial charge in [-0.3, -0.25) is 4.79 Å². The number of methoxy groups -OCH3 is 2. The Balaban J connectivity index is 1.94. The summed E-state index contributed by atoms with van der Waals surface area (Å²) in [6.45, 7) is 0.567. The third-order valence-electron chi connectivity index (χ3n) is 3.96. The summed E-state index contributed by atoms with van der Waals surface area (Å²) in [7, 11) is 3.17. The molecular weight excluding hydrogens is 329 g/mol. The maximum atomic E-state index is 14.0. The molecule has 0 spiro atoms. The van der Waals surface area contributed by atoms with Crippen LogP contribution in [0.25, 0.3) is 0 Å². The Bertz CT molecular complexity index is 753. The second-order valence-electron chi connectivity index (χ2n) is 5.31. The lowest BCUT2D eigenvalue weighted by molar-refractivity contribution is 0.0754. The monoisotopic (exact) mass is 347 g/mol. The van der Waals surface area contributed by atoms with Crippen molar-refractivity contribution in [1.29, 1.82) is 0 Å². The lowest BCUT2D eigenvalue weighted by atomic mass is 10.1. The van der Waals surface area contributed by atoms with Crippen LogP contribution in [-0.2, 0) is 0 Å². The van der Waals surface area contributed by atoms with Crippen LogP contribution < -0.4 is 9.47 Å². The molecule has 0 aromatic heterocycles. The summed E-state index contributed by atoms with van der Waals surface area (Å²) in [5.74, 6) is 1.33. The van der Waals surface area contributed by atoms with Gasteiger partial charge in [-0.1, -0.05) is 12.1 Å². The summed E-state index contributed by atoms with van der Waals surface area (Å²) in [6.07, 6.45) is 0. The van der Waals surface area contributed by atoms with Crippen molar-refractivity contribution in [3.8, 4) is 11.5 Å². The highest BCUT2D eigenvalue weighted by Gasteiger charge is 2.34. The number of halogens is 1. The van der Waals surface area contributed by atoms with E-state index in [0.717, 1.165) is 11.3 Å². The number of rotatable bonds is 4. The van der Waals surface area contributed by atoms with Gasteiger partial charge in [0, 0.05) is 23.9 Å². The van der Waals surface area contributed by atoms with Gasteiger partial charge < -0.3 is 14.4 Å². The van der Waals surface area contributed by atoms with Crippen LogP contribution in [0.5, 0.6) is 11.5 Å². The molecule has 2 aromatic carbocycles. The molecule has 1 aliphatic heterocycles. The molecule has 0 saturated carbocycles. The lowest BCUT2D eigenvalue weighted by Gasteiger charge is -2.26. The summed E-state index contributed by atoms with van der Waals surface area (Å²) in [4.78, 5) is 14.5. The summed E-state index contributed by atoms with van der Waals surface area (Å²) in [5, 5.41) is -0.210. The van der Waals surface area contributed by atoms with E-state index in [0.29, 0.717) is 18.0 Å². The van der Waals surface area contributed by atoms with Gasteiger partial charge >= 0.3 is 0 Å². The first-order chi connectivity index (χ1) is 11.7. The number of carbonyl (C=O) groups is 1. The molecule has 1 saturated heterocycles. The van der Waals surface area contributed by atoms with Crippen LogP contribution in [0.1, 0.15) is 21.3 Å².